The van der Waals surface area contributed by atoms with Crippen molar-refractivity contribution in [1.29, 1.82) is 0 Å². The Labute approximate surface area is 222 Å². The number of rotatable bonds is 7. The zero-order chi connectivity index (χ0) is 26.2. The smallest absolute Gasteiger partial charge is 0.412 e. The lowest BCUT2D eigenvalue weighted by molar-refractivity contribution is -0.140. The zero-order valence-electron chi connectivity index (χ0n) is 19.8. The molecule has 5 nitrogen and oxygen atoms in total. The van der Waals surface area contributed by atoms with Gasteiger partial charge in [0.15, 0.2) is 0 Å². The third kappa shape index (κ3) is 5.10. The maximum Gasteiger partial charge on any atom is 0.412 e. The van der Waals surface area contributed by atoms with Crippen LogP contribution in [0.2, 0.25) is 4.34 Å². The highest BCUT2D eigenvalue weighted by molar-refractivity contribution is 7.20. The van der Waals surface area contributed by atoms with Gasteiger partial charge in [0.05, 0.1) is 20.3 Å². The molecule has 1 heterocycles. The van der Waals surface area contributed by atoms with Crippen molar-refractivity contribution >= 4 is 40.7 Å². The summed E-state index contributed by atoms with van der Waals surface area (Å²) in [6.07, 6.45) is -0.134. The number of thiophene rings is 1. The molecule has 1 amide bonds. The summed E-state index contributed by atoms with van der Waals surface area (Å²) < 4.78 is 19.9. The number of carbonyl (C=O) groups is 2. The second kappa shape index (κ2) is 10.00. The number of ether oxygens (including phenoxy) is 1. The number of aliphatic carboxylic acids is 1. The van der Waals surface area contributed by atoms with E-state index in [-0.39, 0.29) is 0 Å². The third-order valence-corrected chi connectivity index (χ3v) is 7.96. The molecule has 3 aromatic carbocycles. The van der Waals surface area contributed by atoms with Crippen molar-refractivity contribution in [2.24, 2.45) is 0 Å². The summed E-state index contributed by atoms with van der Waals surface area (Å²) in [5.74, 6) is -1.21. The van der Waals surface area contributed by atoms with E-state index in [9.17, 15) is 19.1 Å². The number of halogens is 2. The van der Waals surface area contributed by atoms with Crippen LogP contribution in [0, 0.1) is 5.82 Å². The number of anilines is 1. The molecule has 1 saturated carbocycles. The summed E-state index contributed by atoms with van der Waals surface area (Å²) >= 11 is 7.59. The van der Waals surface area contributed by atoms with Gasteiger partial charge >= 0.3 is 12.1 Å². The van der Waals surface area contributed by atoms with Crippen LogP contribution >= 0.6 is 22.9 Å². The van der Waals surface area contributed by atoms with Gasteiger partial charge in [-0.3, -0.25) is 10.1 Å². The van der Waals surface area contributed by atoms with Gasteiger partial charge in [-0.2, -0.15) is 0 Å². The summed E-state index contributed by atoms with van der Waals surface area (Å²) in [4.78, 5) is 24.9. The van der Waals surface area contributed by atoms with E-state index in [1.54, 1.807) is 31.2 Å². The lowest BCUT2D eigenvalue weighted by atomic mass is 9.93. The van der Waals surface area contributed by atoms with Gasteiger partial charge < -0.3 is 9.84 Å². The second-order valence-electron chi connectivity index (χ2n) is 9.03. The summed E-state index contributed by atoms with van der Waals surface area (Å²) in [6.45, 7) is 1.61. The van der Waals surface area contributed by atoms with Gasteiger partial charge in [0, 0.05) is 5.56 Å². The molecular formula is C29H23ClFNO4S. The van der Waals surface area contributed by atoms with Crippen molar-refractivity contribution in [2.75, 3.05) is 5.32 Å². The molecule has 8 heteroatoms. The summed E-state index contributed by atoms with van der Waals surface area (Å²) in [5.41, 5.74) is 3.72. The predicted octanol–water partition coefficient (Wildman–Crippen LogP) is 8.30. The summed E-state index contributed by atoms with van der Waals surface area (Å²) in [5, 5.41) is 12.2. The van der Waals surface area contributed by atoms with E-state index >= 15 is 0 Å². The Morgan fingerprint density at radius 1 is 1.00 bits per heavy atom. The SMILES string of the molecule is CC(OC(=O)Nc1cc(Cl)sc1-c1ccc(-c2ccc(C3(C(=O)O)CC3)cc2)cc1)c1ccccc1F. The van der Waals surface area contributed by atoms with E-state index in [0.29, 0.717) is 28.4 Å². The van der Waals surface area contributed by atoms with Crippen molar-refractivity contribution in [2.45, 2.75) is 31.3 Å². The molecule has 4 aromatic rings. The second-order valence-corrected chi connectivity index (χ2v) is 10.7. The van der Waals surface area contributed by atoms with Gasteiger partial charge in [0.2, 0.25) is 0 Å². The molecule has 0 aliphatic heterocycles. The molecule has 37 heavy (non-hydrogen) atoms. The van der Waals surface area contributed by atoms with Crippen molar-refractivity contribution in [3.8, 4) is 21.6 Å². The largest absolute Gasteiger partial charge is 0.481 e. The number of carbonyl (C=O) groups excluding carboxylic acids is 1. The van der Waals surface area contributed by atoms with Crippen LogP contribution in [0.1, 0.15) is 37.0 Å². The molecular weight excluding hydrogens is 513 g/mol. The van der Waals surface area contributed by atoms with E-state index in [1.165, 1.54) is 17.4 Å². The third-order valence-electron chi connectivity index (χ3n) is 6.64. The van der Waals surface area contributed by atoms with E-state index in [2.05, 4.69) is 5.32 Å². The zero-order valence-corrected chi connectivity index (χ0v) is 21.4. The number of carboxylic acid groups (broad SMARTS) is 1. The Kier molecular flexibility index (Phi) is 6.75. The quantitative estimate of drug-likeness (QED) is 0.249. The van der Waals surface area contributed by atoms with Crippen LogP contribution in [0.5, 0.6) is 0 Å². The summed E-state index contributed by atoms with van der Waals surface area (Å²) in [7, 11) is 0. The summed E-state index contributed by atoms with van der Waals surface area (Å²) in [6, 6.07) is 23.3. The Bertz CT molecular complexity index is 1460. The molecule has 0 radical (unpaired) electrons. The Balaban J connectivity index is 1.30. The highest BCUT2D eigenvalue weighted by Crippen LogP contribution is 2.48. The average Bonchev–Trinajstić information content (AvgIpc) is 3.62. The van der Waals surface area contributed by atoms with Crippen molar-refractivity contribution in [3.63, 3.8) is 0 Å². The van der Waals surface area contributed by atoms with Gasteiger partial charge in [-0.15, -0.1) is 11.3 Å². The predicted molar refractivity (Wildman–Crippen MR) is 144 cm³/mol. The van der Waals surface area contributed by atoms with Crippen LogP contribution in [-0.2, 0) is 14.9 Å². The maximum absolute atomic E-state index is 14.0. The Morgan fingerprint density at radius 3 is 2.19 bits per heavy atom. The van der Waals surface area contributed by atoms with Gasteiger partial charge in [-0.1, -0.05) is 78.3 Å². The Morgan fingerprint density at radius 2 is 1.59 bits per heavy atom. The van der Waals surface area contributed by atoms with E-state index < -0.39 is 29.4 Å². The minimum atomic E-state index is -0.769. The Hall–Kier alpha value is -3.68. The minimum absolute atomic E-state index is 0.292. The van der Waals surface area contributed by atoms with Gasteiger partial charge in [-0.05, 0) is 54.2 Å². The van der Waals surface area contributed by atoms with Gasteiger partial charge in [0.25, 0.3) is 0 Å². The molecule has 1 aliphatic rings. The number of hydrogen-bond acceptors (Lipinski definition) is 4. The van der Waals surface area contributed by atoms with Crippen LogP contribution in [0.3, 0.4) is 0 Å². The normalized spacial score (nSPS) is 14.6. The van der Waals surface area contributed by atoms with Crippen LogP contribution in [0.15, 0.2) is 78.9 Å². The van der Waals surface area contributed by atoms with Crippen LogP contribution in [-0.4, -0.2) is 17.2 Å². The van der Waals surface area contributed by atoms with E-state index in [4.69, 9.17) is 16.3 Å². The van der Waals surface area contributed by atoms with Gasteiger partial charge in [0.1, 0.15) is 11.9 Å². The molecule has 1 fully saturated rings. The molecule has 1 aliphatic carbocycles. The lowest BCUT2D eigenvalue weighted by Crippen LogP contribution is -2.19. The number of carboxylic acids is 1. The molecule has 0 saturated heterocycles. The molecule has 0 spiro atoms. The van der Waals surface area contributed by atoms with E-state index in [1.807, 2.05) is 48.5 Å². The van der Waals surface area contributed by atoms with Gasteiger partial charge in [-0.25, -0.2) is 9.18 Å². The molecule has 188 valence electrons. The van der Waals surface area contributed by atoms with E-state index in [0.717, 1.165) is 27.1 Å². The van der Waals surface area contributed by atoms with Crippen LogP contribution in [0.25, 0.3) is 21.6 Å². The number of benzene rings is 3. The molecule has 0 bridgehead atoms. The van der Waals surface area contributed by atoms with Crippen molar-refractivity contribution < 1.29 is 23.8 Å². The first kappa shape index (κ1) is 25.0. The molecule has 5 rings (SSSR count). The number of nitrogens with one attached hydrogen (secondary N) is 1. The monoisotopic (exact) mass is 535 g/mol. The fraction of sp³-hybridized carbons (Fsp3) is 0.172. The number of hydrogen-bond donors (Lipinski definition) is 2. The van der Waals surface area contributed by atoms with Crippen LogP contribution in [0.4, 0.5) is 14.9 Å². The first-order valence-corrected chi connectivity index (χ1v) is 12.9. The molecule has 2 N–H and O–H groups in total. The fourth-order valence-electron chi connectivity index (χ4n) is 4.38. The lowest BCUT2D eigenvalue weighted by Gasteiger charge is -2.15. The molecule has 1 aromatic heterocycles. The minimum Gasteiger partial charge on any atom is -0.481 e. The number of amides is 1. The first-order chi connectivity index (χ1) is 17.8. The van der Waals surface area contributed by atoms with Crippen LogP contribution < -0.4 is 5.32 Å². The molecule has 1 atom stereocenters. The first-order valence-electron chi connectivity index (χ1n) is 11.7. The topological polar surface area (TPSA) is 75.6 Å². The maximum atomic E-state index is 14.0. The van der Waals surface area contributed by atoms with Crippen molar-refractivity contribution in [3.05, 3.63) is 100 Å². The fourth-order valence-corrected chi connectivity index (χ4v) is 5.57. The standard InChI is InChI=1S/C29H23ClFNO4S/c1-17(22-4-2-3-5-23(22)31)36-28(35)32-24-16-25(30)37-26(24)20-8-6-18(7-9-20)19-10-12-21(13-11-19)29(14-15-29)27(33)34/h2-13,16-17H,14-15H2,1H3,(H,32,35)(H,33,34). The highest BCUT2D eigenvalue weighted by Gasteiger charge is 2.51. The van der Waals surface area contributed by atoms with Crippen molar-refractivity contribution in [1.82, 2.24) is 0 Å². The highest BCUT2D eigenvalue weighted by atomic mass is 35.5. The molecule has 1 unspecified atom stereocenters. The average molecular weight is 536 g/mol.